The maximum atomic E-state index is 11.0. The molecule has 0 heterocycles. The van der Waals surface area contributed by atoms with Crippen molar-refractivity contribution in [2.45, 2.75) is 19.3 Å². The van der Waals surface area contributed by atoms with Crippen LogP contribution in [0.25, 0.3) is 0 Å². The number of benzene rings is 1. The van der Waals surface area contributed by atoms with E-state index in [1.54, 1.807) is 6.07 Å². The molecule has 0 spiro atoms. The van der Waals surface area contributed by atoms with Crippen molar-refractivity contribution >= 4 is 11.9 Å². The molecule has 1 aromatic rings. The molecule has 0 unspecified atom stereocenters. The summed E-state index contributed by atoms with van der Waals surface area (Å²) in [5.74, 6) is -2.33. The summed E-state index contributed by atoms with van der Waals surface area (Å²) in [5.41, 5.74) is 1.53. The van der Waals surface area contributed by atoms with Gasteiger partial charge in [-0.2, -0.15) is 0 Å². The SMILES string of the molecule is O=C(O)c1ccc2c(c1C(=O)O)CCC2. The number of fused-ring (bicyclic) bond motifs is 1. The number of hydrogen-bond donors (Lipinski definition) is 2. The smallest absolute Gasteiger partial charge is 0.336 e. The Labute approximate surface area is 86.2 Å². The molecule has 1 aliphatic carbocycles. The van der Waals surface area contributed by atoms with E-state index >= 15 is 0 Å². The van der Waals surface area contributed by atoms with Crippen LogP contribution in [-0.4, -0.2) is 22.2 Å². The van der Waals surface area contributed by atoms with E-state index in [-0.39, 0.29) is 11.1 Å². The first-order chi connectivity index (χ1) is 7.11. The summed E-state index contributed by atoms with van der Waals surface area (Å²) in [6, 6.07) is 3.11. The summed E-state index contributed by atoms with van der Waals surface area (Å²) in [4.78, 5) is 21.9. The van der Waals surface area contributed by atoms with E-state index in [0.717, 1.165) is 18.4 Å². The number of hydrogen-bond acceptors (Lipinski definition) is 2. The predicted molar refractivity (Wildman–Crippen MR) is 52.4 cm³/mol. The van der Waals surface area contributed by atoms with Gasteiger partial charge in [-0.15, -0.1) is 0 Å². The molecule has 0 amide bonds. The highest BCUT2D eigenvalue weighted by atomic mass is 16.4. The Kier molecular flexibility index (Phi) is 2.19. The minimum Gasteiger partial charge on any atom is -0.478 e. The largest absolute Gasteiger partial charge is 0.478 e. The Balaban J connectivity index is 2.69. The molecule has 4 nitrogen and oxygen atoms in total. The molecule has 78 valence electrons. The maximum absolute atomic E-state index is 11.0. The van der Waals surface area contributed by atoms with Gasteiger partial charge in [-0.1, -0.05) is 6.07 Å². The number of aromatic carboxylic acids is 2. The quantitative estimate of drug-likeness (QED) is 0.770. The molecule has 1 aliphatic rings. The molecule has 4 heteroatoms. The number of carboxylic acids is 2. The van der Waals surface area contributed by atoms with Crippen LogP contribution < -0.4 is 0 Å². The van der Waals surface area contributed by atoms with Crippen molar-refractivity contribution in [1.82, 2.24) is 0 Å². The zero-order valence-electron chi connectivity index (χ0n) is 7.99. The van der Waals surface area contributed by atoms with Gasteiger partial charge in [0.05, 0.1) is 11.1 Å². The van der Waals surface area contributed by atoms with Crippen molar-refractivity contribution in [3.8, 4) is 0 Å². The molecule has 0 aliphatic heterocycles. The zero-order chi connectivity index (χ0) is 11.0. The second-order valence-corrected chi connectivity index (χ2v) is 3.59. The van der Waals surface area contributed by atoms with Crippen LogP contribution in [0.15, 0.2) is 12.1 Å². The molecular formula is C11H10O4. The molecule has 0 saturated carbocycles. The van der Waals surface area contributed by atoms with E-state index in [2.05, 4.69) is 0 Å². The van der Waals surface area contributed by atoms with Gasteiger partial charge in [-0.05, 0) is 36.5 Å². The minimum atomic E-state index is -1.18. The summed E-state index contributed by atoms with van der Waals surface area (Å²) in [5, 5.41) is 17.9. The summed E-state index contributed by atoms with van der Waals surface area (Å²) >= 11 is 0. The third kappa shape index (κ3) is 1.48. The summed E-state index contributed by atoms with van der Waals surface area (Å²) in [6.45, 7) is 0. The lowest BCUT2D eigenvalue weighted by Gasteiger charge is -2.07. The molecule has 2 rings (SSSR count). The van der Waals surface area contributed by atoms with Gasteiger partial charge in [0.1, 0.15) is 0 Å². The first kappa shape index (κ1) is 9.71. The van der Waals surface area contributed by atoms with E-state index in [9.17, 15) is 9.59 Å². The summed E-state index contributed by atoms with van der Waals surface area (Å²) < 4.78 is 0. The lowest BCUT2D eigenvalue weighted by Crippen LogP contribution is -2.11. The molecule has 15 heavy (non-hydrogen) atoms. The van der Waals surface area contributed by atoms with Crippen molar-refractivity contribution in [3.05, 3.63) is 34.4 Å². The van der Waals surface area contributed by atoms with Gasteiger partial charge in [-0.25, -0.2) is 9.59 Å². The zero-order valence-corrected chi connectivity index (χ0v) is 7.99. The molecule has 2 N–H and O–H groups in total. The highest BCUT2D eigenvalue weighted by Crippen LogP contribution is 2.28. The Morgan fingerprint density at radius 3 is 2.40 bits per heavy atom. The van der Waals surface area contributed by atoms with Crippen LogP contribution in [0.5, 0.6) is 0 Å². The molecule has 0 atom stereocenters. The van der Waals surface area contributed by atoms with Crippen LogP contribution in [0.4, 0.5) is 0 Å². The topological polar surface area (TPSA) is 74.6 Å². The number of aryl methyl sites for hydroxylation is 1. The molecule has 1 aromatic carbocycles. The van der Waals surface area contributed by atoms with Gasteiger partial charge in [0.25, 0.3) is 0 Å². The second kappa shape index (κ2) is 3.38. The van der Waals surface area contributed by atoms with Crippen LogP contribution in [0.1, 0.15) is 38.3 Å². The number of rotatable bonds is 2. The van der Waals surface area contributed by atoms with Crippen molar-refractivity contribution in [2.24, 2.45) is 0 Å². The van der Waals surface area contributed by atoms with E-state index < -0.39 is 11.9 Å². The average molecular weight is 206 g/mol. The third-order valence-corrected chi connectivity index (χ3v) is 2.73. The Hall–Kier alpha value is -1.84. The van der Waals surface area contributed by atoms with Crippen LogP contribution >= 0.6 is 0 Å². The highest BCUT2D eigenvalue weighted by molar-refractivity contribution is 6.03. The lowest BCUT2D eigenvalue weighted by molar-refractivity contribution is 0.0650. The van der Waals surface area contributed by atoms with Crippen LogP contribution in [-0.2, 0) is 12.8 Å². The Morgan fingerprint density at radius 1 is 1.07 bits per heavy atom. The fourth-order valence-electron chi connectivity index (χ4n) is 2.09. The van der Waals surface area contributed by atoms with Gasteiger partial charge in [-0.3, -0.25) is 0 Å². The van der Waals surface area contributed by atoms with Crippen molar-refractivity contribution in [3.63, 3.8) is 0 Å². The normalized spacial score (nSPS) is 13.6. The highest BCUT2D eigenvalue weighted by Gasteiger charge is 2.24. The number of carbonyl (C=O) groups is 2. The van der Waals surface area contributed by atoms with Crippen molar-refractivity contribution < 1.29 is 19.8 Å². The molecule has 0 saturated heterocycles. The molecule has 0 fully saturated rings. The fraction of sp³-hybridized carbons (Fsp3) is 0.273. The molecule has 0 aromatic heterocycles. The van der Waals surface area contributed by atoms with Crippen molar-refractivity contribution in [2.75, 3.05) is 0 Å². The van der Waals surface area contributed by atoms with E-state index in [1.165, 1.54) is 6.07 Å². The summed E-state index contributed by atoms with van der Waals surface area (Å²) in [6.07, 6.45) is 2.41. The van der Waals surface area contributed by atoms with Crippen LogP contribution in [0.2, 0.25) is 0 Å². The first-order valence-corrected chi connectivity index (χ1v) is 4.72. The van der Waals surface area contributed by atoms with Gasteiger partial charge < -0.3 is 10.2 Å². The van der Waals surface area contributed by atoms with Gasteiger partial charge >= 0.3 is 11.9 Å². The molecule has 0 bridgehead atoms. The Morgan fingerprint density at radius 2 is 1.80 bits per heavy atom. The maximum Gasteiger partial charge on any atom is 0.336 e. The van der Waals surface area contributed by atoms with Gasteiger partial charge in [0, 0.05) is 0 Å². The number of carboxylic acid groups (broad SMARTS) is 2. The van der Waals surface area contributed by atoms with Gasteiger partial charge in [0.15, 0.2) is 0 Å². The minimum absolute atomic E-state index is 0.0301. The lowest BCUT2D eigenvalue weighted by atomic mass is 9.97. The van der Waals surface area contributed by atoms with Crippen LogP contribution in [0, 0.1) is 0 Å². The van der Waals surface area contributed by atoms with Crippen LogP contribution in [0.3, 0.4) is 0 Å². The molecular weight excluding hydrogens is 196 g/mol. The Bertz CT molecular complexity index is 448. The standard InChI is InChI=1S/C11H10O4/c12-10(13)8-5-4-6-2-1-3-7(6)9(8)11(14)15/h4-5H,1-3H2,(H,12,13)(H,14,15). The second-order valence-electron chi connectivity index (χ2n) is 3.59. The molecule has 0 radical (unpaired) electrons. The van der Waals surface area contributed by atoms with E-state index in [4.69, 9.17) is 10.2 Å². The third-order valence-electron chi connectivity index (χ3n) is 2.73. The van der Waals surface area contributed by atoms with E-state index in [0.29, 0.717) is 12.0 Å². The monoisotopic (exact) mass is 206 g/mol. The summed E-state index contributed by atoms with van der Waals surface area (Å²) in [7, 11) is 0. The first-order valence-electron chi connectivity index (χ1n) is 4.72. The van der Waals surface area contributed by atoms with Crippen molar-refractivity contribution in [1.29, 1.82) is 0 Å². The van der Waals surface area contributed by atoms with Gasteiger partial charge in [0.2, 0.25) is 0 Å². The van der Waals surface area contributed by atoms with E-state index in [1.807, 2.05) is 0 Å². The predicted octanol–water partition coefficient (Wildman–Crippen LogP) is 1.57. The fourth-order valence-corrected chi connectivity index (χ4v) is 2.09. The average Bonchev–Trinajstić information content (AvgIpc) is 2.62.